The predicted octanol–water partition coefficient (Wildman–Crippen LogP) is 6.09. The maximum absolute atomic E-state index is 11.8. The van der Waals surface area contributed by atoms with E-state index in [1.165, 1.54) is 32.1 Å². The molecule has 0 aromatic heterocycles. The summed E-state index contributed by atoms with van der Waals surface area (Å²) in [5.41, 5.74) is 0. The molecule has 0 amide bonds. The molecule has 0 aliphatic carbocycles. The Labute approximate surface area is 154 Å². The van der Waals surface area contributed by atoms with E-state index >= 15 is 0 Å². The van der Waals surface area contributed by atoms with Gasteiger partial charge in [0.05, 0.1) is 19.6 Å². The Kier molecular flexibility index (Phi) is 15.4. The highest BCUT2D eigenvalue weighted by molar-refractivity contribution is 7.80. The molecule has 0 bridgehead atoms. The fourth-order valence-electron chi connectivity index (χ4n) is 2.57. The first-order valence-electron chi connectivity index (χ1n) is 9.88. The zero-order valence-electron chi connectivity index (χ0n) is 16.3. The van der Waals surface area contributed by atoms with Crippen molar-refractivity contribution in [1.29, 1.82) is 0 Å². The van der Waals surface area contributed by atoms with Crippen molar-refractivity contribution in [3.05, 3.63) is 0 Å². The molecule has 0 rings (SSSR count). The van der Waals surface area contributed by atoms with Crippen molar-refractivity contribution in [3.8, 4) is 0 Å². The number of esters is 1. The van der Waals surface area contributed by atoms with Crippen LogP contribution in [0.3, 0.4) is 0 Å². The van der Waals surface area contributed by atoms with E-state index in [1.54, 1.807) is 0 Å². The first-order chi connectivity index (χ1) is 11.6. The van der Waals surface area contributed by atoms with E-state index in [9.17, 15) is 4.79 Å². The van der Waals surface area contributed by atoms with Gasteiger partial charge in [-0.2, -0.15) is 0 Å². The van der Waals surface area contributed by atoms with Crippen LogP contribution < -0.4 is 0 Å². The normalized spacial score (nSPS) is 13.3. The molecule has 0 aliphatic heterocycles. The van der Waals surface area contributed by atoms with Crippen LogP contribution >= 0.6 is 12.2 Å². The lowest BCUT2D eigenvalue weighted by Crippen LogP contribution is -2.16. The van der Waals surface area contributed by atoms with E-state index in [-0.39, 0.29) is 5.97 Å². The molecule has 0 radical (unpaired) electrons. The molecule has 0 spiro atoms. The fraction of sp³-hybridized carbons (Fsp3) is 0.900. The van der Waals surface area contributed by atoms with Gasteiger partial charge in [-0.1, -0.05) is 66.2 Å². The SMILES string of the molecule is CCCCC(CC)COC(=O)CCC(=S)OCC(CC)CCCC. The van der Waals surface area contributed by atoms with Crippen LogP contribution in [0.25, 0.3) is 0 Å². The van der Waals surface area contributed by atoms with Gasteiger partial charge in [0.2, 0.25) is 0 Å². The number of carbonyl (C=O) groups is 1. The summed E-state index contributed by atoms with van der Waals surface area (Å²) in [4.78, 5) is 11.8. The third-order valence-corrected chi connectivity index (χ3v) is 4.90. The number of rotatable bonds is 15. The maximum atomic E-state index is 11.8. The molecule has 0 fully saturated rings. The molecular weight excluding hydrogens is 320 g/mol. The second kappa shape index (κ2) is 15.9. The predicted molar refractivity (Wildman–Crippen MR) is 105 cm³/mol. The molecular formula is C20H38O3S. The second-order valence-corrected chi connectivity index (χ2v) is 7.15. The Morgan fingerprint density at radius 2 is 1.33 bits per heavy atom. The second-order valence-electron chi connectivity index (χ2n) is 6.70. The van der Waals surface area contributed by atoms with Gasteiger partial charge in [-0.05, 0) is 36.9 Å². The minimum Gasteiger partial charge on any atom is -0.487 e. The molecule has 24 heavy (non-hydrogen) atoms. The Morgan fingerprint density at radius 1 is 0.833 bits per heavy atom. The summed E-state index contributed by atoms with van der Waals surface area (Å²) in [7, 11) is 0. The summed E-state index contributed by atoms with van der Waals surface area (Å²) in [6, 6.07) is 0. The van der Waals surface area contributed by atoms with E-state index in [2.05, 4.69) is 27.7 Å². The van der Waals surface area contributed by atoms with Gasteiger partial charge < -0.3 is 9.47 Å². The third-order valence-electron chi connectivity index (χ3n) is 4.58. The molecule has 0 aromatic rings. The molecule has 4 heteroatoms. The lowest BCUT2D eigenvalue weighted by atomic mass is 10.0. The summed E-state index contributed by atoms with van der Waals surface area (Å²) >= 11 is 5.24. The summed E-state index contributed by atoms with van der Waals surface area (Å²) in [6.45, 7) is 9.95. The highest BCUT2D eigenvalue weighted by Crippen LogP contribution is 2.15. The molecule has 0 N–H and O–H groups in total. The van der Waals surface area contributed by atoms with Crippen molar-refractivity contribution in [3.63, 3.8) is 0 Å². The van der Waals surface area contributed by atoms with Gasteiger partial charge in [0.1, 0.15) is 0 Å². The van der Waals surface area contributed by atoms with Gasteiger partial charge in [0.15, 0.2) is 5.05 Å². The van der Waals surface area contributed by atoms with E-state index in [1.807, 2.05) is 0 Å². The third kappa shape index (κ3) is 12.7. The zero-order chi connectivity index (χ0) is 18.2. The van der Waals surface area contributed by atoms with Crippen molar-refractivity contribution in [2.24, 2.45) is 11.8 Å². The molecule has 0 saturated heterocycles. The van der Waals surface area contributed by atoms with Gasteiger partial charge in [-0.25, -0.2) is 0 Å². The molecule has 0 saturated carbocycles. The van der Waals surface area contributed by atoms with Crippen LogP contribution in [0.1, 0.15) is 91.9 Å². The van der Waals surface area contributed by atoms with Crippen LogP contribution in [-0.2, 0) is 14.3 Å². The van der Waals surface area contributed by atoms with Crippen LogP contribution in [-0.4, -0.2) is 24.2 Å². The Bertz CT molecular complexity index is 299. The van der Waals surface area contributed by atoms with Crippen molar-refractivity contribution in [1.82, 2.24) is 0 Å². The highest BCUT2D eigenvalue weighted by atomic mass is 32.1. The number of hydrogen-bond acceptors (Lipinski definition) is 4. The number of thiocarbonyl (C=S) groups is 1. The number of unbranched alkanes of at least 4 members (excludes halogenated alkanes) is 2. The summed E-state index contributed by atoms with van der Waals surface area (Å²) in [5, 5.41) is 0.542. The van der Waals surface area contributed by atoms with Crippen molar-refractivity contribution >= 4 is 23.2 Å². The lowest BCUT2D eigenvalue weighted by molar-refractivity contribution is -0.145. The van der Waals surface area contributed by atoms with E-state index in [0.717, 1.165) is 19.3 Å². The summed E-state index contributed by atoms with van der Waals surface area (Å²) in [6.07, 6.45) is 10.1. The molecule has 0 aromatic carbocycles. The van der Waals surface area contributed by atoms with Crippen LogP contribution in [0.15, 0.2) is 0 Å². The van der Waals surface area contributed by atoms with E-state index in [4.69, 9.17) is 21.7 Å². The summed E-state index contributed by atoms with van der Waals surface area (Å²) < 4.78 is 11.1. The Morgan fingerprint density at radius 3 is 1.79 bits per heavy atom. The Hall–Kier alpha value is -0.640. The zero-order valence-corrected chi connectivity index (χ0v) is 17.1. The molecule has 0 heterocycles. The molecule has 2 atom stereocenters. The topological polar surface area (TPSA) is 35.5 Å². The van der Waals surface area contributed by atoms with Crippen LogP contribution in [0.5, 0.6) is 0 Å². The van der Waals surface area contributed by atoms with Gasteiger partial charge in [0.25, 0.3) is 0 Å². The van der Waals surface area contributed by atoms with Gasteiger partial charge >= 0.3 is 5.97 Å². The number of ether oxygens (including phenoxy) is 2. The maximum Gasteiger partial charge on any atom is 0.306 e. The first kappa shape index (κ1) is 23.4. The molecule has 3 nitrogen and oxygen atoms in total. The van der Waals surface area contributed by atoms with Crippen LogP contribution in [0.2, 0.25) is 0 Å². The van der Waals surface area contributed by atoms with Gasteiger partial charge in [-0.3, -0.25) is 4.79 Å². The average Bonchev–Trinajstić information content (AvgIpc) is 2.60. The average molecular weight is 359 g/mol. The molecule has 2 unspecified atom stereocenters. The summed E-state index contributed by atoms with van der Waals surface area (Å²) in [5.74, 6) is 0.897. The smallest absolute Gasteiger partial charge is 0.306 e. The van der Waals surface area contributed by atoms with Crippen LogP contribution in [0, 0.1) is 11.8 Å². The highest BCUT2D eigenvalue weighted by Gasteiger charge is 2.12. The minimum atomic E-state index is -0.158. The van der Waals surface area contributed by atoms with Crippen LogP contribution in [0.4, 0.5) is 0 Å². The van der Waals surface area contributed by atoms with Crippen molar-refractivity contribution in [2.75, 3.05) is 13.2 Å². The Balaban J connectivity index is 3.86. The monoisotopic (exact) mass is 358 g/mol. The standard InChI is InChI=1S/C20H38O3S/c1-5-9-11-17(7-3)15-22-19(21)13-14-20(24)23-16-18(8-4)12-10-6-2/h17-18H,5-16H2,1-4H3. The largest absolute Gasteiger partial charge is 0.487 e. The quantitative estimate of drug-likeness (QED) is 0.262. The van der Waals surface area contributed by atoms with Crippen molar-refractivity contribution < 1.29 is 14.3 Å². The van der Waals surface area contributed by atoms with E-state index < -0.39 is 0 Å². The molecule has 0 aliphatic rings. The fourth-order valence-corrected chi connectivity index (χ4v) is 2.74. The minimum absolute atomic E-state index is 0.158. The van der Waals surface area contributed by atoms with E-state index in [0.29, 0.717) is 42.9 Å². The number of hydrogen-bond donors (Lipinski definition) is 0. The molecule has 142 valence electrons. The first-order valence-corrected chi connectivity index (χ1v) is 10.3. The number of carbonyl (C=O) groups excluding carboxylic acids is 1. The van der Waals surface area contributed by atoms with Crippen molar-refractivity contribution in [2.45, 2.75) is 91.9 Å². The van der Waals surface area contributed by atoms with Gasteiger partial charge in [-0.15, -0.1) is 0 Å². The lowest BCUT2D eigenvalue weighted by Gasteiger charge is -2.16. The van der Waals surface area contributed by atoms with Gasteiger partial charge in [0, 0.05) is 6.42 Å².